The highest BCUT2D eigenvalue weighted by atomic mass is 32.2. The lowest BCUT2D eigenvalue weighted by Gasteiger charge is -2.28. The molecule has 0 unspecified atom stereocenters. The van der Waals surface area contributed by atoms with Crippen molar-refractivity contribution in [1.29, 1.82) is 0 Å². The lowest BCUT2D eigenvalue weighted by atomic mass is 10.1. The second-order valence-electron chi connectivity index (χ2n) is 6.16. The van der Waals surface area contributed by atoms with Crippen LogP contribution >= 0.6 is 0 Å². The fraction of sp³-hybridized carbons (Fsp3) is 0.353. The van der Waals surface area contributed by atoms with Crippen molar-refractivity contribution in [1.82, 2.24) is 9.97 Å². The van der Waals surface area contributed by atoms with E-state index >= 15 is 0 Å². The molecule has 0 amide bonds. The summed E-state index contributed by atoms with van der Waals surface area (Å²) in [7, 11) is -1.86. The van der Waals surface area contributed by atoms with E-state index in [4.69, 9.17) is 4.74 Å². The van der Waals surface area contributed by atoms with E-state index in [9.17, 15) is 8.42 Å². The normalized spacial score (nSPS) is 15.8. The molecule has 0 N–H and O–H groups in total. The second kappa shape index (κ2) is 5.80. The first-order chi connectivity index (χ1) is 12.0. The number of methoxy groups -OCH3 is 1. The van der Waals surface area contributed by atoms with Crippen LogP contribution in [-0.2, 0) is 22.7 Å². The van der Waals surface area contributed by atoms with E-state index < -0.39 is 9.84 Å². The van der Waals surface area contributed by atoms with Gasteiger partial charge in [0.15, 0.2) is 0 Å². The van der Waals surface area contributed by atoms with Gasteiger partial charge in [0.05, 0.1) is 30.7 Å². The van der Waals surface area contributed by atoms with E-state index in [1.165, 1.54) is 0 Å². The van der Waals surface area contributed by atoms with Crippen molar-refractivity contribution in [3.8, 4) is 5.75 Å². The molecule has 25 heavy (non-hydrogen) atoms. The van der Waals surface area contributed by atoms with Crippen LogP contribution in [0.5, 0.6) is 5.75 Å². The molecule has 0 spiro atoms. The molecular formula is C17H18N4O3S. The van der Waals surface area contributed by atoms with Crippen LogP contribution in [0.25, 0.3) is 0 Å². The highest BCUT2D eigenvalue weighted by molar-refractivity contribution is 7.90. The van der Waals surface area contributed by atoms with Crippen molar-refractivity contribution >= 4 is 33.2 Å². The third-order valence-corrected chi connectivity index (χ3v) is 5.29. The molecule has 0 radical (unpaired) electrons. The Morgan fingerprint density at radius 3 is 2.80 bits per heavy atom. The van der Waals surface area contributed by atoms with Gasteiger partial charge in [-0.05, 0) is 31.4 Å². The average molecular weight is 358 g/mol. The van der Waals surface area contributed by atoms with E-state index in [0.717, 1.165) is 53.9 Å². The van der Waals surface area contributed by atoms with Crippen LogP contribution in [-0.4, -0.2) is 44.5 Å². The first-order valence-corrected chi connectivity index (χ1v) is 9.94. The first kappa shape index (κ1) is 16.0. The number of hydrogen-bond donors (Lipinski definition) is 0. The average Bonchev–Trinajstić information content (AvgIpc) is 3.07. The Morgan fingerprint density at radius 1 is 1.20 bits per heavy atom. The molecule has 0 saturated carbocycles. The fourth-order valence-corrected chi connectivity index (χ4v) is 3.79. The zero-order valence-electron chi connectivity index (χ0n) is 14.1. The molecule has 2 aliphatic rings. The van der Waals surface area contributed by atoms with Gasteiger partial charge in [-0.3, -0.25) is 4.99 Å². The molecule has 1 aromatic heterocycles. The van der Waals surface area contributed by atoms with E-state index in [1.54, 1.807) is 13.3 Å². The van der Waals surface area contributed by atoms with Crippen molar-refractivity contribution < 1.29 is 13.2 Å². The van der Waals surface area contributed by atoms with E-state index in [1.807, 2.05) is 23.1 Å². The van der Waals surface area contributed by atoms with Crippen molar-refractivity contribution in [2.24, 2.45) is 4.99 Å². The molecule has 4 rings (SSSR count). The predicted octanol–water partition coefficient (Wildman–Crippen LogP) is 2.23. The summed E-state index contributed by atoms with van der Waals surface area (Å²) in [5.74, 6) is 1.39. The maximum absolute atomic E-state index is 12.0. The van der Waals surface area contributed by atoms with Crippen LogP contribution in [0.1, 0.15) is 17.7 Å². The number of aryl methyl sites for hydroxylation is 1. The number of aliphatic imine (C=N–C) groups is 1. The number of nitrogens with zero attached hydrogens (tertiary/aromatic N) is 4. The van der Waals surface area contributed by atoms with Crippen LogP contribution in [0.4, 0.5) is 17.2 Å². The monoisotopic (exact) mass is 358 g/mol. The van der Waals surface area contributed by atoms with Crippen molar-refractivity contribution in [2.45, 2.75) is 24.4 Å². The van der Waals surface area contributed by atoms with Gasteiger partial charge in [0.25, 0.3) is 0 Å². The van der Waals surface area contributed by atoms with Crippen LogP contribution in [0.2, 0.25) is 0 Å². The fourth-order valence-electron chi connectivity index (χ4n) is 3.26. The maximum atomic E-state index is 12.0. The van der Waals surface area contributed by atoms with Crippen molar-refractivity contribution in [2.75, 3.05) is 24.8 Å². The Hall–Kier alpha value is -2.48. The molecule has 1 aliphatic carbocycles. The molecule has 130 valence electrons. The zero-order valence-corrected chi connectivity index (χ0v) is 14.9. The van der Waals surface area contributed by atoms with E-state index in [-0.39, 0.29) is 5.16 Å². The zero-order chi connectivity index (χ0) is 17.6. The third kappa shape index (κ3) is 2.76. The molecule has 0 saturated heterocycles. The van der Waals surface area contributed by atoms with Gasteiger partial charge in [-0.2, -0.15) is 0 Å². The van der Waals surface area contributed by atoms with Gasteiger partial charge in [0, 0.05) is 24.1 Å². The molecule has 1 aliphatic heterocycles. The molecular weight excluding hydrogens is 340 g/mol. The number of benzene rings is 1. The minimum absolute atomic E-state index is 0.110. The summed E-state index contributed by atoms with van der Waals surface area (Å²) in [6.45, 7) is 0.534. The summed E-state index contributed by atoms with van der Waals surface area (Å²) < 4.78 is 29.3. The van der Waals surface area contributed by atoms with Gasteiger partial charge in [-0.1, -0.05) is 0 Å². The van der Waals surface area contributed by atoms with Gasteiger partial charge in [-0.15, -0.1) is 0 Å². The Balaban J connectivity index is 1.89. The third-order valence-electron chi connectivity index (χ3n) is 4.45. The highest BCUT2D eigenvalue weighted by Crippen LogP contribution is 2.40. The van der Waals surface area contributed by atoms with Crippen molar-refractivity contribution in [3.05, 3.63) is 29.5 Å². The minimum atomic E-state index is -3.48. The number of ether oxygens (including phenoxy) is 1. The predicted molar refractivity (Wildman–Crippen MR) is 95.3 cm³/mol. The number of rotatable bonds is 3. The van der Waals surface area contributed by atoms with Gasteiger partial charge in [0.1, 0.15) is 11.6 Å². The summed E-state index contributed by atoms with van der Waals surface area (Å²) in [5.41, 5.74) is 3.53. The molecule has 2 aromatic rings. The summed E-state index contributed by atoms with van der Waals surface area (Å²) in [4.78, 5) is 15.1. The summed E-state index contributed by atoms with van der Waals surface area (Å²) in [5, 5.41) is -0.110. The molecule has 0 fully saturated rings. The number of anilines is 2. The van der Waals surface area contributed by atoms with Gasteiger partial charge < -0.3 is 9.64 Å². The van der Waals surface area contributed by atoms with Crippen molar-refractivity contribution in [3.63, 3.8) is 0 Å². The number of aromatic nitrogens is 2. The van der Waals surface area contributed by atoms with Crippen LogP contribution in [0, 0.1) is 0 Å². The SMILES string of the molecule is COc1ccc2c(c1)N=CCN2c1nc(S(C)(=O)=O)nc2c1CCC2. The van der Waals surface area contributed by atoms with Crippen LogP contribution in [0.3, 0.4) is 0 Å². The smallest absolute Gasteiger partial charge is 0.249 e. The topological polar surface area (TPSA) is 84.8 Å². The molecule has 7 nitrogen and oxygen atoms in total. The van der Waals surface area contributed by atoms with E-state index in [0.29, 0.717) is 12.4 Å². The number of sulfone groups is 1. The summed E-state index contributed by atoms with van der Waals surface area (Å²) in [6.07, 6.45) is 5.54. The summed E-state index contributed by atoms with van der Waals surface area (Å²) in [6, 6.07) is 5.65. The quantitative estimate of drug-likeness (QED) is 0.782. The van der Waals surface area contributed by atoms with Gasteiger partial charge in [-0.25, -0.2) is 18.4 Å². The van der Waals surface area contributed by atoms with Gasteiger partial charge in [0.2, 0.25) is 15.0 Å². The van der Waals surface area contributed by atoms with Crippen LogP contribution < -0.4 is 9.64 Å². The molecule has 0 atom stereocenters. The Kier molecular flexibility index (Phi) is 3.72. The largest absolute Gasteiger partial charge is 0.497 e. The number of hydrogen-bond acceptors (Lipinski definition) is 7. The highest BCUT2D eigenvalue weighted by Gasteiger charge is 2.28. The molecule has 2 heterocycles. The minimum Gasteiger partial charge on any atom is -0.497 e. The standard InChI is InChI=1S/C17H18N4O3S/c1-24-11-6-7-15-14(10-11)18-8-9-21(15)16-12-4-3-5-13(12)19-17(20-16)25(2,22)23/h6-8,10H,3-5,9H2,1-2H3. The van der Waals surface area contributed by atoms with E-state index in [2.05, 4.69) is 15.0 Å². The Morgan fingerprint density at radius 2 is 2.04 bits per heavy atom. The second-order valence-corrected chi connectivity index (χ2v) is 8.07. The van der Waals surface area contributed by atoms with Crippen LogP contribution in [0.15, 0.2) is 28.3 Å². The molecule has 0 bridgehead atoms. The first-order valence-electron chi connectivity index (χ1n) is 8.05. The summed E-state index contributed by atoms with van der Waals surface area (Å²) >= 11 is 0. The van der Waals surface area contributed by atoms with Gasteiger partial charge >= 0.3 is 0 Å². The Bertz CT molecular complexity index is 986. The number of fused-ring (bicyclic) bond motifs is 2. The Labute approximate surface area is 146 Å². The lowest BCUT2D eigenvalue weighted by Crippen LogP contribution is -2.25. The molecule has 8 heteroatoms. The molecule has 1 aromatic carbocycles. The maximum Gasteiger partial charge on any atom is 0.249 e. The lowest BCUT2D eigenvalue weighted by molar-refractivity contribution is 0.415.